The smallest absolute Gasteiger partial charge is 0.338 e. The highest BCUT2D eigenvalue weighted by atomic mass is 32.1. The SMILES string of the molecule is CCOC(=O)C1=C(C)N=c2s/c(=C/c3ccc(OCc4cccc5ccccc45)cc3)c(=O)n2[C@@H]1c1ccccc1OC(C)C. The minimum atomic E-state index is -0.748. The van der Waals surface area contributed by atoms with Gasteiger partial charge < -0.3 is 14.2 Å². The highest BCUT2D eigenvalue weighted by molar-refractivity contribution is 7.07. The summed E-state index contributed by atoms with van der Waals surface area (Å²) in [5.74, 6) is 0.831. The average molecular weight is 619 g/mol. The first-order valence-electron chi connectivity index (χ1n) is 15.0. The van der Waals surface area contributed by atoms with Crippen LogP contribution in [0.5, 0.6) is 11.5 Å². The third kappa shape index (κ3) is 6.19. The number of ether oxygens (including phenoxy) is 3. The number of thiazole rings is 1. The molecule has 0 bridgehead atoms. The zero-order valence-corrected chi connectivity index (χ0v) is 26.5. The van der Waals surface area contributed by atoms with E-state index < -0.39 is 12.0 Å². The molecule has 7 nitrogen and oxygen atoms in total. The van der Waals surface area contributed by atoms with Crippen molar-refractivity contribution in [3.63, 3.8) is 0 Å². The highest BCUT2D eigenvalue weighted by Crippen LogP contribution is 2.36. The fourth-order valence-corrected chi connectivity index (χ4v) is 6.59. The number of hydrogen-bond donors (Lipinski definition) is 0. The summed E-state index contributed by atoms with van der Waals surface area (Å²) >= 11 is 1.29. The lowest BCUT2D eigenvalue weighted by Gasteiger charge is -2.26. The summed E-state index contributed by atoms with van der Waals surface area (Å²) in [7, 11) is 0. The van der Waals surface area contributed by atoms with Crippen LogP contribution in [0.1, 0.15) is 50.4 Å². The van der Waals surface area contributed by atoms with Crippen LogP contribution >= 0.6 is 11.3 Å². The van der Waals surface area contributed by atoms with Crippen LogP contribution in [0.15, 0.2) is 112 Å². The fourth-order valence-electron chi connectivity index (χ4n) is 5.54. The van der Waals surface area contributed by atoms with Gasteiger partial charge in [-0.15, -0.1) is 0 Å². The Balaban J connectivity index is 1.34. The minimum absolute atomic E-state index is 0.0999. The summed E-state index contributed by atoms with van der Waals surface area (Å²) < 4.78 is 19.8. The molecule has 0 saturated heterocycles. The van der Waals surface area contributed by atoms with Gasteiger partial charge in [0.05, 0.1) is 28.5 Å². The molecule has 1 aliphatic rings. The van der Waals surface area contributed by atoms with E-state index in [0.717, 1.165) is 16.9 Å². The van der Waals surface area contributed by atoms with E-state index in [-0.39, 0.29) is 18.3 Å². The molecule has 1 atom stereocenters. The lowest BCUT2D eigenvalue weighted by Crippen LogP contribution is -2.40. The van der Waals surface area contributed by atoms with Gasteiger partial charge in [-0.3, -0.25) is 9.36 Å². The third-order valence-corrected chi connectivity index (χ3v) is 8.53. The fraction of sp³-hybridized carbons (Fsp3) is 0.216. The van der Waals surface area contributed by atoms with Gasteiger partial charge in [0.2, 0.25) is 0 Å². The Kier molecular flexibility index (Phi) is 8.67. The van der Waals surface area contributed by atoms with E-state index in [2.05, 4.69) is 29.3 Å². The number of para-hydroxylation sites is 1. The van der Waals surface area contributed by atoms with Crippen molar-refractivity contribution in [1.29, 1.82) is 0 Å². The van der Waals surface area contributed by atoms with Gasteiger partial charge in [-0.05, 0) is 73.9 Å². The first-order chi connectivity index (χ1) is 21.8. The van der Waals surface area contributed by atoms with Crippen LogP contribution in [0.25, 0.3) is 16.8 Å². The topological polar surface area (TPSA) is 79.1 Å². The number of allylic oxidation sites excluding steroid dienone is 1. The number of nitrogens with zero attached hydrogens (tertiary/aromatic N) is 2. The van der Waals surface area contributed by atoms with Gasteiger partial charge in [0.25, 0.3) is 5.56 Å². The molecule has 2 heterocycles. The molecule has 0 fully saturated rings. The highest BCUT2D eigenvalue weighted by Gasteiger charge is 2.35. The Morgan fingerprint density at radius 2 is 1.71 bits per heavy atom. The van der Waals surface area contributed by atoms with Crippen molar-refractivity contribution in [2.45, 2.75) is 46.4 Å². The first kappa shape index (κ1) is 30.1. The summed E-state index contributed by atoms with van der Waals surface area (Å²) in [6.07, 6.45) is 1.74. The minimum Gasteiger partial charge on any atom is -0.491 e. The Morgan fingerprint density at radius 3 is 2.49 bits per heavy atom. The van der Waals surface area contributed by atoms with Crippen molar-refractivity contribution >= 4 is 34.2 Å². The molecule has 4 aromatic carbocycles. The lowest BCUT2D eigenvalue weighted by molar-refractivity contribution is -0.139. The van der Waals surface area contributed by atoms with Crippen molar-refractivity contribution in [2.75, 3.05) is 6.61 Å². The normalized spacial score (nSPS) is 14.8. The molecule has 1 aromatic heterocycles. The molecule has 228 valence electrons. The molecular weight excluding hydrogens is 584 g/mol. The Morgan fingerprint density at radius 1 is 0.978 bits per heavy atom. The van der Waals surface area contributed by atoms with Gasteiger partial charge in [0.15, 0.2) is 4.80 Å². The van der Waals surface area contributed by atoms with Gasteiger partial charge in [-0.1, -0.05) is 84.1 Å². The monoisotopic (exact) mass is 618 g/mol. The molecular formula is C37H34N2O5S. The molecule has 8 heteroatoms. The average Bonchev–Trinajstić information content (AvgIpc) is 3.33. The van der Waals surface area contributed by atoms with Crippen molar-refractivity contribution in [2.24, 2.45) is 4.99 Å². The Hall–Kier alpha value is -4.95. The Labute approximate surface area is 265 Å². The third-order valence-electron chi connectivity index (χ3n) is 7.55. The molecule has 0 spiro atoms. The molecule has 6 rings (SSSR count). The van der Waals surface area contributed by atoms with Crippen molar-refractivity contribution in [3.8, 4) is 11.5 Å². The second-order valence-corrected chi connectivity index (χ2v) is 12.0. The number of carbonyl (C=O) groups excluding carboxylic acids is 1. The van der Waals surface area contributed by atoms with Crippen molar-refractivity contribution in [1.82, 2.24) is 4.57 Å². The maximum absolute atomic E-state index is 14.0. The van der Waals surface area contributed by atoms with Gasteiger partial charge in [-0.25, -0.2) is 9.79 Å². The molecule has 0 unspecified atom stereocenters. The maximum Gasteiger partial charge on any atom is 0.338 e. The molecule has 0 radical (unpaired) electrons. The van der Waals surface area contributed by atoms with E-state index >= 15 is 0 Å². The lowest BCUT2D eigenvalue weighted by atomic mass is 9.95. The summed E-state index contributed by atoms with van der Waals surface area (Å²) in [4.78, 5) is 32.5. The number of hydrogen-bond acceptors (Lipinski definition) is 7. The number of fused-ring (bicyclic) bond motifs is 2. The zero-order chi connectivity index (χ0) is 31.5. The van der Waals surface area contributed by atoms with E-state index in [1.165, 1.54) is 22.1 Å². The summed E-state index contributed by atoms with van der Waals surface area (Å²) in [6.45, 7) is 8.07. The van der Waals surface area contributed by atoms with Gasteiger partial charge in [0.1, 0.15) is 24.1 Å². The molecule has 1 aliphatic heterocycles. The van der Waals surface area contributed by atoms with Crippen LogP contribution in [-0.2, 0) is 16.1 Å². The van der Waals surface area contributed by atoms with Crippen LogP contribution < -0.4 is 24.4 Å². The zero-order valence-electron chi connectivity index (χ0n) is 25.7. The predicted octanol–water partition coefficient (Wildman–Crippen LogP) is 6.32. The number of esters is 1. The molecule has 5 aromatic rings. The number of rotatable bonds is 9. The van der Waals surface area contributed by atoms with Crippen LogP contribution in [0.4, 0.5) is 0 Å². The summed E-state index contributed by atoms with van der Waals surface area (Å²) in [5.41, 5.74) is 3.25. The van der Waals surface area contributed by atoms with E-state index in [1.54, 1.807) is 18.4 Å². The molecule has 0 amide bonds. The molecule has 0 aliphatic carbocycles. The van der Waals surface area contributed by atoms with Gasteiger partial charge in [-0.2, -0.15) is 0 Å². The van der Waals surface area contributed by atoms with E-state index in [4.69, 9.17) is 14.2 Å². The molecule has 0 N–H and O–H groups in total. The van der Waals surface area contributed by atoms with E-state index in [0.29, 0.717) is 38.5 Å². The summed E-state index contributed by atoms with van der Waals surface area (Å²) in [5, 5.41) is 2.35. The second-order valence-electron chi connectivity index (χ2n) is 11.0. The van der Waals surface area contributed by atoms with Crippen molar-refractivity contribution < 1.29 is 19.0 Å². The second kappa shape index (κ2) is 13.0. The number of aromatic nitrogens is 1. The van der Waals surface area contributed by atoms with Crippen molar-refractivity contribution in [3.05, 3.63) is 139 Å². The van der Waals surface area contributed by atoms with Crippen LogP contribution in [0.2, 0.25) is 0 Å². The molecule has 0 saturated carbocycles. The van der Waals surface area contributed by atoms with Crippen LogP contribution in [-0.4, -0.2) is 23.2 Å². The molecule has 45 heavy (non-hydrogen) atoms. The standard InChI is InChI=1S/C37H34N2O5S/c1-5-42-36(41)33-24(4)38-37-39(34(33)30-15-8-9-16-31(30)44-23(2)3)35(40)32(45-37)21-25-17-19-28(20-18-25)43-22-27-13-10-12-26-11-6-7-14-29(26)27/h6-21,23,34H,5,22H2,1-4H3/b32-21+/t34-/m1/s1. The maximum atomic E-state index is 14.0. The van der Waals surface area contributed by atoms with Crippen LogP contribution in [0.3, 0.4) is 0 Å². The van der Waals surface area contributed by atoms with Crippen LogP contribution in [0, 0.1) is 0 Å². The number of carbonyl (C=O) groups is 1. The first-order valence-corrected chi connectivity index (χ1v) is 15.8. The largest absolute Gasteiger partial charge is 0.491 e. The quantitative estimate of drug-likeness (QED) is 0.181. The summed E-state index contributed by atoms with van der Waals surface area (Å²) in [6, 6.07) is 28.9. The van der Waals surface area contributed by atoms with Gasteiger partial charge >= 0.3 is 5.97 Å². The number of benzene rings is 4. The van der Waals surface area contributed by atoms with E-state index in [9.17, 15) is 9.59 Å². The Bertz CT molecular complexity index is 2080. The van der Waals surface area contributed by atoms with Gasteiger partial charge in [0, 0.05) is 5.56 Å². The predicted molar refractivity (Wildman–Crippen MR) is 177 cm³/mol. The van der Waals surface area contributed by atoms with E-state index in [1.807, 2.05) is 86.7 Å².